The second-order valence-electron chi connectivity index (χ2n) is 8.54. The zero-order valence-electron chi connectivity index (χ0n) is 17.2. The molecule has 28 heavy (non-hydrogen) atoms. The van der Waals surface area contributed by atoms with E-state index in [1.807, 2.05) is 37.4 Å². The van der Waals surface area contributed by atoms with E-state index in [0.717, 1.165) is 67.2 Å². The number of amides is 1. The van der Waals surface area contributed by atoms with Crippen molar-refractivity contribution in [2.45, 2.75) is 39.5 Å². The highest BCUT2D eigenvalue weighted by molar-refractivity contribution is 5.95. The number of carbonyl (C=O) groups excluding carboxylic acids is 1. The Labute approximate surface area is 167 Å². The van der Waals surface area contributed by atoms with Crippen LogP contribution in [0.3, 0.4) is 0 Å². The van der Waals surface area contributed by atoms with Gasteiger partial charge < -0.3 is 9.80 Å². The topological polar surface area (TPSA) is 49.3 Å². The molecule has 2 aromatic rings. The maximum Gasteiger partial charge on any atom is 0.253 e. The number of rotatable bonds is 3. The minimum Gasteiger partial charge on any atom is -0.338 e. The van der Waals surface area contributed by atoms with Gasteiger partial charge in [0.25, 0.3) is 5.91 Å². The number of benzene rings is 1. The highest BCUT2D eigenvalue weighted by Gasteiger charge is 2.41. The van der Waals surface area contributed by atoms with Gasteiger partial charge in [-0.1, -0.05) is 19.1 Å². The van der Waals surface area contributed by atoms with Gasteiger partial charge >= 0.3 is 0 Å². The van der Waals surface area contributed by atoms with E-state index in [1.54, 1.807) is 0 Å². The van der Waals surface area contributed by atoms with Crippen LogP contribution >= 0.6 is 0 Å². The van der Waals surface area contributed by atoms with Gasteiger partial charge in [0.1, 0.15) is 5.82 Å². The summed E-state index contributed by atoms with van der Waals surface area (Å²) in [6.45, 7) is 8.01. The molecule has 2 aliphatic heterocycles. The lowest BCUT2D eigenvalue weighted by Gasteiger charge is -2.40. The number of carbonyl (C=O) groups is 1. The van der Waals surface area contributed by atoms with Crippen LogP contribution < -0.4 is 0 Å². The van der Waals surface area contributed by atoms with E-state index in [1.165, 1.54) is 12.8 Å². The summed E-state index contributed by atoms with van der Waals surface area (Å²) in [7, 11) is 2.19. The van der Waals surface area contributed by atoms with Gasteiger partial charge in [0.15, 0.2) is 0 Å². The molecule has 1 aromatic heterocycles. The van der Waals surface area contributed by atoms with E-state index in [0.29, 0.717) is 5.41 Å². The second kappa shape index (κ2) is 7.63. The Hall–Kier alpha value is -2.27. The van der Waals surface area contributed by atoms with E-state index in [2.05, 4.69) is 33.7 Å². The van der Waals surface area contributed by atoms with E-state index >= 15 is 0 Å². The molecule has 1 atom stereocenters. The SMILES string of the molecule is CCc1cnc(C)nc1-c1cccc(C(=O)N2CCC[C@@]3(CCN(C)C3)C2)c1. The van der Waals surface area contributed by atoms with Crippen LogP contribution in [0.15, 0.2) is 30.5 Å². The van der Waals surface area contributed by atoms with Crippen LogP contribution in [0.5, 0.6) is 0 Å². The van der Waals surface area contributed by atoms with E-state index in [9.17, 15) is 4.79 Å². The van der Waals surface area contributed by atoms with E-state index in [-0.39, 0.29) is 5.91 Å². The van der Waals surface area contributed by atoms with Gasteiger partial charge in [-0.3, -0.25) is 4.79 Å². The molecule has 5 heteroatoms. The Morgan fingerprint density at radius 2 is 2.07 bits per heavy atom. The van der Waals surface area contributed by atoms with Crippen LogP contribution in [-0.4, -0.2) is 58.9 Å². The molecule has 0 unspecified atom stereocenters. The molecule has 0 radical (unpaired) electrons. The Morgan fingerprint density at radius 3 is 2.82 bits per heavy atom. The molecule has 4 rings (SSSR count). The number of aromatic nitrogens is 2. The zero-order chi connectivity index (χ0) is 19.7. The average molecular weight is 379 g/mol. The molecule has 148 valence electrons. The molecule has 0 bridgehead atoms. The number of piperidine rings is 1. The summed E-state index contributed by atoms with van der Waals surface area (Å²) in [5, 5.41) is 0. The smallest absolute Gasteiger partial charge is 0.253 e. The van der Waals surface area contributed by atoms with Crippen molar-refractivity contribution in [3.05, 3.63) is 47.4 Å². The van der Waals surface area contributed by atoms with Crippen molar-refractivity contribution in [1.82, 2.24) is 19.8 Å². The predicted octanol–water partition coefficient (Wildman–Crippen LogP) is 3.57. The molecular weight excluding hydrogens is 348 g/mol. The third kappa shape index (κ3) is 3.68. The lowest BCUT2D eigenvalue weighted by molar-refractivity contribution is 0.0534. The summed E-state index contributed by atoms with van der Waals surface area (Å²) < 4.78 is 0. The Balaban J connectivity index is 1.59. The fraction of sp³-hybridized carbons (Fsp3) is 0.522. The van der Waals surface area contributed by atoms with Crippen molar-refractivity contribution < 1.29 is 4.79 Å². The first kappa shape index (κ1) is 19.1. The number of likely N-dealkylation sites (tertiary alicyclic amines) is 2. The van der Waals surface area contributed by atoms with Gasteiger partial charge in [0, 0.05) is 42.4 Å². The van der Waals surface area contributed by atoms with Gasteiger partial charge in [-0.05, 0) is 63.9 Å². The zero-order valence-corrected chi connectivity index (χ0v) is 17.2. The van der Waals surface area contributed by atoms with Gasteiger partial charge in [0.2, 0.25) is 0 Å². The summed E-state index contributed by atoms with van der Waals surface area (Å²) in [6, 6.07) is 7.96. The number of hydrogen-bond acceptors (Lipinski definition) is 4. The summed E-state index contributed by atoms with van der Waals surface area (Å²) in [5.41, 5.74) is 4.11. The van der Waals surface area contributed by atoms with Crippen molar-refractivity contribution in [3.63, 3.8) is 0 Å². The van der Waals surface area contributed by atoms with Crippen molar-refractivity contribution in [2.24, 2.45) is 5.41 Å². The van der Waals surface area contributed by atoms with Crippen LogP contribution in [0.25, 0.3) is 11.3 Å². The molecule has 0 aliphatic carbocycles. The maximum atomic E-state index is 13.3. The van der Waals surface area contributed by atoms with Crippen LogP contribution in [0, 0.1) is 12.3 Å². The van der Waals surface area contributed by atoms with Crippen molar-refractivity contribution >= 4 is 5.91 Å². The molecule has 3 heterocycles. The standard InChI is InChI=1S/C23H30N4O/c1-4-18-14-24-17(2)25-21(18)19-7-5-8-20(13-19)22(28)27-11-6-9-23(16-27)10-12-26(3)15-23/h5,7-8,13-14H,4,6,9-12,15-16H2,1-3H3/t23-/m0/s1. The maximum absolute atomic E-state index is 13.3. The molecule has 1 spiro atoms. The van der Waals surface area contributed by atoms with Gasteiger partial charge in [-0.15, -0.1) is 0 Å². The van der Waals surface area contributed by atoms with Crippen molar-refractivity contribution in [2.75, 3.05) is 33.2 Å². The largest absolute Gasteiger partial charge is 0.338 e. The first-order chi connectivity index (χ1) is 13.5. The van der Waals surface area contributed by atoms with Crippen LogP contribution in [0.2, 0.25) is 0 Å². The number of hydrogen-bond donors (Lipinski definition) is 0. The Morgan fingerprint density at radius 1 is 1.21 bits per heavy atom. The lowest BCUT2D eigenvalue weighted by Crippen LogP contribution is -2.47. The van der Waals surface area contributed by atoms with Gasteiger partial charge in [-0.2, -0.15) is 0 Å². The fourth-order valence-corrected chi connectivity index (χ4v) is 4.86. The minimum atomic E-state index is 0.152. The van der Waals surface area contributed by atoms with Crippen molar-refractivity contribution in [1.29, 1.82) is 0 Å². The molecule has 0 N–H and O–H groups in total. The average Bonchev–Trinajstić information content (AvgIpc) is 3.07. The third-order valence-electron chi connectivity index (χ3n) is 6.33. The van der Waals surface area contributed by atoms with E-state index in [4.69, 9.17) is 0 Å². The fourth-order valence-electron chi connectivity index (χ4n) is 4.86. The molecule has 0 saturated carbocycles. The first-order valence-electron chi connectivity index (χ1n) is 10.4. The summed E-state index contributed by atoms with van der Waals surface area (Å²) >= 11 is 0. The highest BCUT2D eigenvalue weighted by atomic mass is 16.2. The Kier molecular flexibility index (Phi) is 5.19. The van der Waals surface area contributed by atoms with Crippen LogP contribution in [-0.2, 0) is 6.42 Å². The highest BCUT2D eigenvalue weighted by Crippen LogP contribution is 2.38. The Bertz CT molecular complexity index is 877. The quantitative estimate of drug-likeness (QED) is 0.819. The second-order valence-corrected chi connectivity index (χ2v) is 8.54. The number of aryl methyl sites for hydroxylation is 2. The van der Waals surface area contributed by atoms with Crippen molar-refractivity contribution in [3.8, 4) is 11.3 Å². The van der Waals surface area contributed by atoms with Gasteiger partial charge in [0.05, 0.1) is 5.69 Å². The van der Waals surface area contributed by atoms with E-state index < -0.39 is 0 Å². The predicted molar refractivity (Wildman–Crippen MR) is 111 cm³/mol. The summed E-state index contributed by atoms with van der Waals surface area (Å²) in [4.78, 5) is 26.8. The normalized spacial score (nSPS) is 22.8. The lowest BCUT2D eigenvalue weighted by atomic mass is 9.79. The number of nitrogens with zero attached hydrogens (tertiary/aromatic N) is 4. The van der Waals surface area contributed by atoms with Crippen LogP contribution in [0.4, 0.5) is 0 Å². The minimum absolute atomic E-state index is 0.152. The molecular formula is C23H30N4O. The molecule has 1 amide bonds. The monoisotopic (exact) mass is 378 g/mol. The molecule has 2 fully saturated rings. The summed E-state index contributed by atoms with van der Waals surface area (Å²) in [5.74, 6) is 0.909. The third-order valence-corrected chi connectivity index (χ3v) is 6.33. The summed E-state index contributed by atoms with van der Waals surface area (Å²) in [6.07, 6.45) is 6.31. The molecule has 5 nitrogen and oxygen atoms in total. The molecule has 1 aromatic carbocycles. The molecule has 2 aliphatic rings. The van der Waals surface area contributed by atoms with Gasteiger partial charge in [-0.25, -0.2) is 9.97 Å². The molecule has 2 saturated heterocycles. The van der Waals surface area contributed by atoms with Crippen LogP contribution in [0.1, 0.15) is 47.9 Å². The first-order valence-corrected chi connectivity index (χ1v) is 10.4.